The lowest BCUT2D eigenvalue weighted by molar-refractivity contribution is 0.0593. The van der Waals surface area contributed by atoms with Gasteiger partial charge in [0.25, 0.3) is 5.91 Å². The van der Waals surface area contributed by atoms with Gasteiger partial charge in [-0.15, -0.1) is 0 Å². The van der Waals surface area contributed by atoms with Crippen LogP contribution in [0.2, 0.25) is 5.02 Å². The average Bonchev–Trinajstić information content (AvgIpc) is 3.09. The molecule has 30 heavy (non-hydrogen) atoms. The van der Waals surface area contributed by atoms with E-state index in [0.29, 0.717) is 27.7 Å². The van der Waals surface area contributed by atoms with Gasteiger partial charge >= 0.3 is 5.97 Å². The highest BCUT2D eigenvalue weighted by atomic mass is 35.5. The zero-order chi connectivity index (χ0) is 21.8. The van der Waals surface area contributed by atoms with Crippen molar-refractivity contribution in [1.82, 2.24) is 4.57 Å². The van der Waals surface area contributed by atoms with Crippen LogP contribution in [0.4, 0.5) is 11.4 Å². The lowest BCUT2D eigenvalue weighted by Crippen LogP contribution is -2.14. The summed E-state index contributed by atoms with van der Waals surface area (Å²) >= 11 is 6.01. The predicted octanol–water partition coefficient (Wildman–Crippen LogP) is 3.63. The molecule has 0 fully saturated rings. The zero-order valence-corrected chi connectivity index (χ0v) is 16.9. The van der Waals surface area contributed by atoms with Crippen LogP contribution in [0.5, 0.6) is 5.75 Å². The van der Waals surface area contributed by atoms with Gasteiger partial charge in [0, 0.05) is 22.5 Å². The number of methoxy groups -OCH3 is 2. The van der Waals surface area contributed by atoms with Gasteiger partial charge in [-0.2, -0.15) is 5.26 Å². The number of nitrogens with zero attached hydrogens (tertiary/aromatic N) is 2. The van der Waals surface area contributed by atoms with Crippen LogP contribution < -0.4 is 15.8 Å². The maximum Gasteiger partial charge on any atom is 0.357 e. The van der Waals surface area contributed by atoms with E-state index in [0.717, 1.165) is 0 Å². The molecule has 3 rings (SSSR count). The summed E-state index contributed by atoms with van der Waals surface area (Å²) in [5, 5.41) is 12.4. The third kappa shape index (κ3) is 3.92. The molecule has 0 aliphatic rings. The summed E-state index contributed by atoms with van der Waals surface area (Å²) in [6.07, 6.45) is 1.42. The summed E-state index contributed by atoms with van der Waals surface area (Å²) in [6, 6.07) is 13.3. The van der Waals surface area contributed by atoms with E-state index in [4.69, 9.17) is 26.8 Å². The first-order chi connectivity index (χ1) is 14.4. The fraction of sp³-hybridized carbons (Fsp3) is 0.0952. The molecule has 3 N–H and O–H groups in total. The van der Waals surface area contributed by atoms with Gasteiger partial charge in [-0.1, -0.05) is 17.7 Å². The molecule has 8 nitrogen and oxygen atoms in total. The first-order valence-corrected chi connectivity index (χ1v) is 9.02. The molecule has 152 valence electrons. The summed E-state index contributed by atoms with van der Waals surface area (Å²) in [7, 11) is 2.70. The highest BCUT2D eigenvalue weighted by Gasteiger charge is 2.22. The van der Waals surface area contributed by atoms with Gasteiger partial charge in [0.1, 0.15) is 11.8 Å². The Hall–Kier alpha value is -3.96. The second kappa shape index (κ2) is 8.59. The molecule has 1 heterocycles. The van der Waals surface area contributed by atoms with E-state index in [1.54, 1.807) is 42.5 Å². The molecule has 3 aromatic rings. The van der Waals surface area contributed by atoms with Gasteiger partial charge in [-0.25, -0.2) is 4.79 Å². The second-order valence-electron chi connectivity index (χ2n) is 6.13. The molecular weight excluding hydrogens is 408 g/mol. The van der Waals surface area contributed by atoms with E-state index in [-0.39, 0.29) is 16.9 Å². The maximum atomic E-state index is 12.8. The number of halogens is 1. The van der Waals surface area contributed by atoms with Crippen LogP contribution in [0.3, 0.4) is 0 Å². The Morgan fingerprint density at radius 3 is 2.63 bits per heavy atom. The topological polar surface area (TPSA) is 119 Å². The molecule has 0 unspecified atom stereocenters. The molecule has 0 radical (unpaired) electrons. The number of hydrogen-bond donors (Lipinski definition) is 2. The van der Waals surface area contributed by atoms with Crippen LogP contribution in [-0.4, -0.2) is 30.7 Å². The summed E-state index contributed by atoms with van der Waals surface area (Å²) in [6.45, 7) is 0. The van der Waals surface area contributed by atoms with Gasteiger partial charge in [-0.3, -0.25) is 4.79 Å². The number of carbonyl (C=O) groups is 2. The smallest absolute Gasteiger partial charge is 0.357 e. The van der Waals surface area contributed by atoms with Gasteiger partial charge in [0.05, 0.1) is 31.2 Å². The molecule has 9 heteroatoms. The molecule has 2 aromatic carbocycles. The highest BCUT2D eigenvalue weighted by molar-refractivity contribution is 6.31. The van der Waals surface area contributed by atoms with Crippen LogP contribution in [-0.2, 0) is 4.74 Å². The number of nitrogens with one attached hydrogen (secondary N) is 1. The molecule has 0 saturated heterocycles. The van der Waals surface area contributed by atoms with E-state index in [2.05, 4.69) is 5.32 Å². The van der Waals surface area contributed by atoms with Gasteiger partial charge in [0.2, 0.25) is 0 Å². The number of carbonyl (C=O) groups excluding carboxylic acids is 2. The van der Waals surface area contributed by atoms with Crippen LogP contribution >= 0.6 is 11.6 Å². The van der Waals surface area contributed by atoms with Crippen molar-refractivity contribution in [3.63, 3.8) is 0 Å². The summed E-state index contributed by atoms with van der Waals surface area (Å²) in [5.74, 6) is -0.668. The Kier molecular flexibility index (Phi) is 5.95. The minimum absolute atomic E-state index is 0.00266. The van der Waals surface area contributed by atoms with Crippen molar-refractivity contribution in [3.8, 4) is 17.5 Å². The van der Waals surface area contributed by atoms with Crippen molar-refractivity contribution in [2.45, 2.75) is 0 Å². The van der Waals surface area contributed by atoms with Crippen molar-refractivity contribution < 1.29 is 19.1 Å². The molecule has 0 spiro atoms. The number of rotatable bonds is 5. The number of nitrogens with two attached hydrogens (primary N) is 1. The van der Waals surface area contributed by atoms with E-state index < -0.39 is 11.9 Å². The zero-order valence-electron chi connectivity index (χ0n) is 16.1. The maximum absolute atomic E-state index is 12.8. The second-order valence-corrected chi connectivity index (χ2v) is 6.56. The SMILES string of the molecule is COC(=O)c1c(N)c(C#N)cn1-c1cccc(C(=O)Nc2cc(Cl)ccc2OC)c1. The number of esters is 1. The van der Waals surface area contributed by atoms with Crippen molar-refractivity contribution in [2.75, 3.05) is 25.3 Å². The first-order valence-electron chi connectivity index (χ1n) is 8.64. The summed E-state index contributed by atoms with van der Waals surface area (Å²) < 4.78 is 11.4. The number of nitrogen functional groups attached to an aromatic ring is 1. The number of amides is 1. The number of ether oxygens (including phenoxy) is 2. The lowest BCUT2D eigenvalue weighted by atomic mass is 10.1. The number of nitriles is 1. The van der Waals surface area contributed by atoms with E-state index in [1.807, 2.05) is 6.07 Å². The van der Waals surface area contributed by atoms with Crippen molar-refractivity contribution >= 4 is 34.9 Å². The van der Waals surface area contributed by atoms with Gasteiger partial charge in [0.15, 0.2) is 5.69 Å². The van der Waals surface area contributed by atoms with E-state index >= 15 is 0 Å². The van der Waals surface area contributed by atoms with Crippen molar-refractivity contribution in [2.24, 2.45) is 0 Å². The summed E-state index contributed by atoms with van der Waals surface area (Å²) in [4.78, 5) is 25.0. The van der Waals surface area contributed by atoms with E-state index in [9.17, 15) is 14.9 Å². The minimum atomic E-state index is -0.701. The normalized spacial score (nSPS) is 10.2. The Morgan fingerprint density at radius 2 is 1.97 bits per heavy atom. The monoisotopic (exact) mass is 424 g/mol. The largest absolute Gasteiger partial charge is 0.495 e. The van der Waals surface area contributed by atoms with Crippen molar-refractivity contribution in [3.05, 3.63) is 70.5 Å². The Morgan fingerprint density at radius 1 is 1.20 bits per heavy atom. The first kappa shape index (κ1) is 20.8. The summed E-state index contributed by atoms with van der Waals surface area (Å²) in [5.41, 5.74) is 7.21. The third-order valence-electron chi connectivity index (χ3n) is 4.34. The fourth-order valence-electron chi connectivity index (χ4n) is 2.89. The molecule has 0 aliphatic carbocycles. The standard InChI is InChI=1S/C21H17ClN4O4/c1-29-17-7-6-14(22)9-16(17)25-20(27)12-4-3-5-15(8-12)26-11-13(10-23)18(24)19(26)21(28)30-2/h3-9,11H,24H2,1-2H3,(H,25,27). The minimum Gasteiger partial charge on any atom is -0.495 e. The van der Waals surface area contributed by atoms with E-state index in [1.165, 1.54) is 25.0 Å². The number of anilines is 2. The number of benzene rings is 2. The van der Waals surface area contributed by atoms with Crippen LogP contribution in [0, 0.1) is 11.3 Å². The van der Waals surface area contributed by atoms with Crippen LogP contribution in [0.15, 0.2) is 48.7 Å². The lowest BCUT2D eigenvalue weighted by Gasteiger charge is -2.12. The molecule has 1 amide bonds. The van der Waals surface area contributed by atoms with Crippen LogP contribution in [0.25, 0.3) is 5.69 Å². The van der Waals surface area contributed by atoms with Crippen molar-refractivity contribution in [1.29, 1.82) is 5.26 Å². The Bertz CT molecular complexity index is 1180. The Labute approximate surface area is 177 Å². The quantitative estimate of drug-likeness (QED) is 0.603. The predicted molar refractivity (Wildman–Crippen MR) is 112 cm³/mol. The highest BCUT2D eigenvalue weighted by Crippen LogP contribution is 2.29. The molecule has 0 saturated carbocycles. The average molecular weight is 425 g/mol. The van der Waals surface area contributed by atoms with Gasteiger partial charge in [-0.05, 0) is 36.4 Å². The van der Waals surface area contributed by atoms with Gasteiger partial charge < -0.3 is 25.1 Å². The molecule has 1 aromatic heterocycles. The third-order valence-corrected chi connectivity index (χ3v) is 4.57. The fourth-order valence-corrected chi connectivity index (χ4v) is 3.06. The van der Waals surface area contributed by atoms with Crippen LogP contribution in [0.1, 0.15) is 26.4 Å². The molecule has 0 bridgehead atoms. The molecule has 0 atom stereocenters. The molecular formula is C21H17ClN4O4. The number of hydrogen-bond acceptors (Lipinski definition) is 6. The number of aromatic nitrogens is 1. The molecule has 0 aliphatic heterocycles. The Balaban J connectivity index is 2.00.